The molecular weight excluding hydrogens is 333 g/mol. The average Bonchev–Trinajstić information content (AvgIpc) is 2.62. The van der Waals surface area contributed by atoms with Gasteiger partial charge in [0.15, 0.2) is 0 Å². The highest BCUT2D eigenvalue weighted by Gasteiger charge is 2.22. The monoisotopic (exact) mass is 363 g/mol. The predicted octanol–water partition coefficient (Wildman–Crippen LogP) is 2.06. The van der Waals surface area contributed by atoms with Crippen molar-refractivity contribution in [2.45, 2.75) is 32.6 Å². The second kappa shape index (κ2) is 10.3. The Bertz CT molecular complexity index is 600. The van der Waals surface area contributed by atoms with Crippen LogP contribution in [0.5, 0.6) is 0 Å². The molecule has 26 heavy (non-hydrogen) atoms. The molecule has 0 radical (unpaired) electrons. The minimum atomic E-state index is -0.123. The SMILES string of the molecule is CC(=O)NCCC(=O)N(C)CC1CCN(CCc2ccccc2F)CC1. The second-order valence-corrected chi connectivity index (χ2v) is 7.13. The number of nitrogens with one attached hydrogen (secondary N) is 1. The lowest BCUT2D eigenvalue weighted by Gasteiger charge is -2.34. The first kappa shape index (κ1) is 20.4. The minimum Gasteiger partial charge on any atom is -0.356 e. The zero-order valence-corrected chi connectivity index (χ0v) is 15.8. The molecule has 1 fully saturated rings. The van der Waals surface area contributed by atoms with Crippen LogP contribution >= 0.6 is 0 Å². The summed E-state index contributed by atoms with van der Waals surface area (Å²) in [6.45, 7) is 5.47. The highest BCUT2D eigenvalue weighted by atomic mass is 19.1. The molecule has 2 amide bonds. The predicted molar refractivity (Wildman–Crippen MR) is 100 cm³/mol. The molecule has 0 aromatic heterocycles. The maximum atomic E-state index is 13.7. The van der Waals surface area contributed by atoms with Gasteiger partial charge in [0, 0.05) is 40.0 Å². The molecule has 0 bridgehead atoms. The molecule has 2 rings (SSSR count). The molecular formula is C20H30FN3O2. The number of likely N-dealkylation sites (tertiary alicyclic amines) is 1. The molecule has 1 aliphatic heterocycles. The van der Waals surface area contributed by atoms with Crippen LogP contribution < -0.4 is 5.32 Å². The Morgan fingerprint density at radius 3 is 2.62 bits per heavy atom. The third-order valence-electron chi connectivity index (χ3n) is 5.03. The fourth-order valence-corrected chi connectivity index (χ4v) is 3.40. The summed E-state index contributed by atoms with van der Waals surface area (Å²) in [6, 6.07) is 6.96. The Morgan fingerprint density at radius 1 is 1.27 bits per heavy atom. The van der Waals surface area contributed by atoms with Gasteiger partial charge in [-0.15, -0.1) is 0 Å². The highest BCUT2D eigenvalue weighted by Crippen LogP contribution is 2.19. The largest absolute Gasteiger partial charge is 0.356 e. The van der Waals surface area contributed by atoms with Gasteiger partial charge in [0.2, 0.25) is 11.8 Å². The molecule has 1 aromatic rings. The molecule has 1 aliphatic rings. The van der Waals surface area contributed by atoms with Crippen molar-refractivity contribution in [3.63, 3.8) is 0 Å². The van der Waals surface area contributed by atoms with E-state index in [0.29, 0.717) is 18.9 Å². The van der Waals surface area contributed by atoms with E-state index >= 15 is 0 Å². The molecule has 1 saturated heterocycles. The van der Waals surface area contributed by atoms with Crippen LogP contribution in [0.25, 0.3) is 0 Å². The van der Waals surface area contributed by atoms with Gasteiger partial charge >= 0.3 is 0 Å². The van der Waals surface area contributed by atoms with Crippen molar-refractivity contribution in [2.24, 2.45) is 5.92 Å². The van der Waals surface area contributed by atoms with E-state index < -0.39 is 0 Å². The van der Waals surface area contributed by atoms with Crippen LogP contribution in [0.2, 0.25) is 0 Å². The minimum absolute atomic E-state index is 0.0701. The maximum absolute atomic E-state index is 13.7. The molecule has 1 N–H and O–H groups in total. The first-order chi connectivity index (χ1) is 12.5. The van der Waals surface area contributed by atoms with Crippen LogP contribution in [0.1, 0.15) is 31.7 Å². The smallest absolute Gasteiger partial charge is 0.224 e. The molecule has 5 nitrogen and oxygen atoms in total. The van der Waals surface area contributed by atoms with Gasteiger partial charge in [-0.25, -0.2) is 4.39 Å². The van der Waals surface area contributed by atoms with Crippen molar-refractivity contribution in [1.29, 1.82) is 0 Å². The molecule has 0 atom stereocenters. The third kappa shape index (κ3) is 6.75. The number of benzene rings is 1. The Balaban J connectivity index is 1.65. The van der Waals surface area contributed by atoms with Gasteiger partial charge in [0.25, 0.3) is 0 Å². The number of halogens is 1. The van der Waals surface area contributed by atoms with Gasteiger partial charge in [-0.2, -0.15) is 0 Å². The maximum Gasteiger partial charge on any atom is 0.224 e. The van der Waals surface area contributed by atoms with Crippen molar-refractivity contribution < 1.29 is 14.0 Å². The summed E-state index contributed by atoms with van der Waals surface area (Å²) >= 11 is 0. The number of rotatable bonds is 8. The lowest BCUT2D eigenvalue weighted by atomic mass is 9.96. The fraction of sp³-hybridized carbons (Fsp3) is 0.600. The average molecular weight is 363 g/mol. The van der Waals surface area contributed by atoms with Crippen LogP contribution in [0.3, 0.4) is 0 Å². The number of carbonyl (C=O) groups excluding carboxylic acids is 2. The first-order valence-electron chi connectivity index (χ1n) is 9.40. The van der Waals surface area contributed by atoms with Crippen molar-refractivity contribution in [3.8, 4) is 0 Å². The van der Waals surface area contributed by atoms with Crippen molar-refractivity contribution in [1.82, 2.24) is 15.1 Å². The van der Waals surface area contributed by atoms with E-state index in [0.717, 1.165) is 51.0 Å². The van der Waals surface area contributed by atoms with E-state index in [2.05, 4.69) is 10.2 Å². The van der Waals surface area contributed by atoms with Gasteiger partial charge in [0.05, 0.1) is 0 Å². The van der Waals surface area contributed by atoms with Gasteiger partial charge in [-0.1, -0.05) is 18.2 Å². The van der Waals surface area contributed by atoms with Crippen molar-refractivity contribution in [3.05, 3.63) is 35.6 Å². The quantitative estimate of drug-likeness (QED) is 0.769. The Kier molecular flexibility index (Phi) is 8.04. The first-order valence-corrected chi connectivity index (χ1v) is 9.40. The lowest BCUT2D eigenvalue weighted by molar-refractivity contribution is -0.130. The summed E-state index contributed by atoms with van der Waals surface area (Å²) in [5.74, 6) is 0.347. The Labute approximate surface area is 155 Å². The van der Waals surface area contributed by atoms with Crippen LogP contribution in [-0.4, -0.2) is 61.4 Å². The van der Waals surface area contributed by atoms with E-state index in [9.17, 15) is 14.0 Å². The van der Waals surface area contributed by atoms with Crippen molar-refractivity contribution >= 4 is 11.8 Å². The molecule has 1 heterocycles. The number of amides is 2. The van der Waals surface area contributed by atoms with E-state index in [1.54, 1.807) is 11.0 Å². The van der Waals surface area contributed by atoms with E-state index in [1.807, 2.05) is 19.2 Å². The summed E-state index contributed by atoms with van der Waals surface area (Å²) in [6.07, 6.45) is 3.19. The normalized spacial score (nSPS) is 15.7. The molecule has 0 aliphatic carbocycles. The third-order valence-corrected chi connectivity index (χ3v) is 5.03. The second-order valence-electron chi connectivity index (χ2n) is 7.13. The van der Waals surface area contributed by atoms with Crippen LogP contribution in [0.15, 0.2) is 24.3 Å². The molecule has 0 unspecified atom stereocenters. The van der Waals surface area contributed by atoms with Gasteiger partial charge < -0.3 is 15.1 Å². The zero-order chi connectivity index (χ0) is 18.9. The molecule has 144 valence electrons. The van der Waals surface area contributed by atoms with Crippen LogP contribution in [0, 0.1) is 11.7 Å². The summed E-state index contributed by atoms with van der Waals surface area (Å²) in [4.78, 5) is 27.1. The van der Waals surface area contributed by atoms with Crippen molar-refractivity contribution in [2.75, 3.05) is 39.8 Å². The van der Waals surface area contributed by atoms with E-state index in [4.69, 9.17) is 0 Å². The zero-order valence-electron chi connectivity index (χ0n) is 15.8. The van der Waals surface area contributed by atoms with E-state index in [1.165, 1.54) is 13.0 Å². The lowest BCUT2D eigenvalue weighted by Crippen LogP contribution is -2.40. The number of hydrogen-bond acceptors (Lipinski definition) is 3. The summed E-state index contributed by atoms with van der Waals surface area (Å²) < 4.78 is 13.7. The Morgan fingerprint density at radius 2 is 1.96 bits per heavy atom. The topological polar surface area (TPSA) is 52.7 Å². The van der Waals surface area contributed by atoms with Gasteiger partial charge in [-0.05, 0) is 49.9 Å². The summed E-state index contributed by atoms with van der Waals surface area (Å²) in [5, 5.41) is 2.65. The van der Waals surface area contributed by atoms with Crippen LogP contribution in [-0.2, 0) is 16.0 Å². The van der Waals surface area contributed by atoms with Gasteiger partial charge in [-0.3, -0.25) is 9.59 Å². The van der Waals surface area contributed by atoms with E-state index in [-0.39, 0.29) is 17.6 Å². The van der Waals surface area contributed by atoms with Gasteiger partial charge in [0.1, 0.15) is 5.82 Å². The highest BCUT2D eigenvalue weighted by molar-refractivity contribution is 5.77. The summed E-state index contributed by atoms with van der Waals surface area (Å²) in [7, 11) is 1.83. The standard InChI is InChI=1S/C20H30FN3O2/c1-16(25)22-11-7-20(26)23(2)15-17-8-12-24(13-9-17)14-10-18-5-3-4-6-19(18)21/h3-6,17H,7-15H2,1-2H3,(H,22,25). The summed E-state index contributed by atoms with van der Waals surface area (Å²) in [5.41, 5.74) is 0.777. The number of piperidine rings is 1. The Hall–Kier alpha value is -1.95. The molecule has 1 aromatic carbocycles. The fourth-order valence-electron chi connectivity index (χ4n) is 3.40. The number of hydrogen-bond donors (Lipinski definition) is 1. The van der Waals surface area contributed by atoms with Crippen LogP contribution in [0.4, 0.5) is 4.39 Å². The molecule has 0 spiro atoms. The molecule has 6 heteroatoms. The number of nitrogens with zero attached hydrogens (tertiary/aromatic N) is 2. The molecule has 0 saturated carbocycles. The number of carbonyl (C=O) groups is 2.